The van der Waals surface area contributed by atoms with Crippen LogP contribution in [0.4, 0.5) is 0 Å². The van der Waals surface area contributed by atoms with Gasteiger partial charge in [-0.1, -0.05) is 0 Å². The first-order valence-corrected chi connectivity index (χ1v) is 6.46. The molecule has 0 saturated carbocycles. The van der Waals surface area contributed by atoms with E-state index in [1.165, 1.54) is 16.6 Å². The highest BCUT2D eigenvalue weighted by atomic mass is 32.1. The molecule has 4 heteroatoms. The summed E-state index contributed by atoms with van der Waals surface area (Å²) in [6.45, 7) is 6.49. The quantitative estimate of drug-likeness (QED) is 0.652. The van der Waals surface area contributed by atoms with Crippen molar-refractivity contribution < 1.29 is 4.74 Å². The van der Waals surface area contributed by atoms with E-state index in [0.717, 1.165) is 17.8 Å². The van der Waals surface area contributed by atoms with Crippen molar-refractivity contribution in [1.82, 2.24) is 9.55 Å². The van der Waals surface area contributed by atoms with Crippen LogP contribution in [0.5, 0.6) is 0 Å². The highest BCUT2D eigenvalue weighted by Crippen LogP contribution is 2.18. The number of ether oxygens (including phenoxy) is 1. The average molecular weight is 250 g/mol. The number of rotatable bonds is 5. The molecule has 0 amide bonds. The lowest BCUT2D eigenvalue weighted by Crippen LogP contribution is -2.06. The van der Waals surface area contributed by atoms with Crippen LogP contribution in [0.15, 0.2) is 18.5 Å². The molecule has 2 rings (SSSR count). The summed E-state index contributed by atoms with van der Waals surface area (Å²) in [6, 6.07) is 4.33. The molecule has 0 fully saturated rings. The number of aryl methyl sites for hydroxylation is 2. The molecule has 0 aliphatic heterocycles. The van der Waals surface area contributed by atoms with Crippen LogP contribution in [0.2, 0.25) is 0 Å². The van der Waals surface area contributed by atoms with Crippen molar-refractivity contribution in [3.05, 3.63) is 29.6 Å². The summed E-state index contributed by atoms with van der Waals surface area (Å²) >= 11 is 4.11. The SMILES string of the molecule is Cc1cc2ncn(CCOCCS)c2cc1C. The fourth-order valence-electron chi connectivity index (χ4n) is 1.82. The first-order valence-electron chi connectivity index (χ1n) is 5.83. The maximum absolute atomic E-state index is 5.43. The number of benzene rings is 1. The lowest BCUT2D eigenvalue weighted by atomic mass is 10.1. The van der Waals surface area contributed by atoms with E-state index in [1.807, 2.05) is 6.33 Å². The Morgan fingerprint density at radius 1 is 1.24 bits per heavy atom. The third-order valence-corrected chi connectivity index (χ3v) is 3.13. The van der Waals surface area contributed by atoms with E-state index in [1.54, 1.807) is 0 Å². The summed E-state index contributed by atoms with van der Waals surface area (Å²) in [5, 5.41) is 0. The minimum atomic E-state index is 0.702. The lowest BCUT2D eigenvalue weighted by Gasteiger charge is -2.06. The third kappa shape index (κ3) is 2.82. The van der Waals surface area contributed by atoms with E-state index in [-0.39, 0.29) is 0 Å². The summed E-state index contributed by atoms with van der Waals surface area (Å²) in [5.74, 6) is 0.767. The van der Waals surface area contributed by atoms with Gasteiger partial charge in [0.1, 0.15) is 0 Å². The van der Waals surface area contributed by atoms with Gasteiger partial charge >= 0.3 is 0 Å². The van der Waals surface area contributed by atoms with E-state index in [9.17, 15) is 0 Å². The molecule has 0 aliphatic carbocycles. The van der Waals surface area contributed by atoms with Gasteiger partial charge in [0, 0.05) is 12.3 Å². The molecule has 0 radical (unpaired) electrons. The van der Waals surface area contributed by atoms with Gasteiger partial charge in [-0.2, -0.15) is 12.6 Å². The summed E-state index contributed by atoms with van der Waals surface area (Å²) in [4.78, 5) is 4.41. The first-order chi connectivity index (χ1) is 8.22. The van der Waals surface area contributed by atoms with Gasteiger partial charge in [0.15, 0.2) is 0 Å². The fourth-order valence-corrected chi connectivity index (χ4v) is 1.95. The Kier molecular flexibility index (Phi) is 4.07. The van der Waals surface area contributed by atoms with E-state index in [4.69, 9.17) is 4.74 Å². The lowest BCUT2D eigenvalue weighted by molar-refractivity contribution is 0.142. The fraction of sp³-hybridized carbons (Fsp3) is 0.462. The van der Waals surface area contributed by atoms with Gasteiger partial charge in [-0.05, 0) is 37.1 Å². The standard InChI is InChI=1S/C13H18N2OS/c1-10-7-12-13(8-11(10)2)15(9-14-12)3-4-16-5-6-17/h7-9,17H,3-6H2,1-2H3. The highest BCUT2D eigenvalue weighted by Gasteiger charge is 2.04. The second-order valence-electron chi connectivity index (χ2n) is 4.20. The molecule has 2 aromatic rings. The van der Waals surface area contributed by atoms with E-state index in [2.05, 4.69) is 48.2 Å². The second-order valence-corrected chi connectivity index (χ2v) is 4.65. The van der Waals surface area contributed by atoms with Crippen molar-refractivity contribution in [2.45, 2.75) is 20.4 Å². The van der Waals surface area contributed by atoms with Crippen molar-refractivity contribution in [1.29, 1.82) is 0 Å². The number of hydrogen-bond donors (Lipinski definition) is 1. The van der Waals surface area contributed by atoms with Crippen LogP contribution in [0.1, 0.15) is 11.1 Å². The molecule has 1 heterocycles. The Labute approximate surface area is 107 Å². The normalized spacial score (nSPS) is 11.2. The van der Waals surface area contributed by atoms with Crippen LogP contribution in [0.3, 0.4) is 0 Å². The molecule has 0 unspecified atom stereocenters. The van der Waals surface area contributed by atoms with E-state index < -0.39 is 0 Å². The number of aromatic nitrogens is 2. The molecule has 0 N–H and O–H groups in total. The van der Waals surface area contributed by atoms with Gasteiger partial charge in [0.05, 0.1) is 30.6 Å². The van der Waals surface area contributed by atoms with Gasteiger partial charge in [-0.25, -0.2) is 4.98 Å². The van der Waals surface area contributed by atoms with Crippen molar-refractivity contribution >= 4 is 23.7 Å². The Morgan fingerprint density at radius 2 is 2.00 bits per heavy atom. The van der Waals surface area contributed by atoms with E-state index >= 15 is 0 Å². The van der Waals surface area contributed by atoms with Gasteiger partial charge in [-0.15, -0.1) is 0 Å². The molecule has 0 spiro atoms. The second kappa shape index (κ2) is 5.56. The summed E-state index contributed by atoms with van der Waals surface area (Å²) in [7, 11) is 0. The van der Waals surface area contributed by atoms with Crippen molar-refractivity contribution in [2.24, 2.45) is 0 Å². The number of nitrogens with zero attached hydrogens (tertiary/aromatic N) is 2. The predicted octanol–water partition coefficient (Wildman–Crippen LogP) is 2.60. The summed E-state index contributed by atoms with van der Waals surface area (Å²) in [6.07, 6.45) is 1.88. The Morgan fingerprint density at radius 3 is 2.76 bits per heavy atom. The maximum Gasteiger partial charge on any atom is 0.0959 e. The van der Waals surface area contributed by atoms with Crippen LogP contribution in [-0.2, 0) is 11.3 Å². The molecule has 0 saturated heterocycles. The topological polar surface area (TPSA) is 27.1 Å². The number of thiol groups is 1. The Bertz CT molecular complexity index is 507. The van der Waals surface area contributed by atoms with Gasteiger partial charge in [-0.3, -0.25) is 0 Å². The third-order valence-electron chi connectivity index (χ3n) is 2.95. The average Bonchev–Trinajstić information content (AvgIpc) is 2.68. The zero-order chi connectivity index (χ0) is 12.3. The smallest absolute Gasteiger partial charge is 0.0959 e. The van der Waals surface area contributed by atoms with Crippen molar-refractivity contribution in [2.75, 3.05) is 19.0 Å². The molecule has 1 aromatic heterocycles. The molecular weight excluding hydrogens is 232 g/mol. The number of fused-ring (bicyclic) bond motifs is 1. The highest BCUT2D eigenvalue weighted by molar-refractivity contribution is 7.80. The largest absolute Gasteiger partial charge is 0.379 e. The molecule has 3 nitrogen and oxygen atoms in total. The van der Waals surface area contributed by atoms with Gasteiger partial charge < -0.3 is 9.30 Å². The summed E-state index contributed by atoms with van der Waals surface area (Å²) in [5.41, 5.74) is 4.83. The minimum Gasteiger partial charge on any atom is -0.379 e. The number of imidazole rings is 1. The van der Waals surface area contributed by atoms with Crippen LogP contribution >= 0.6 is 12.6 Å². The molecule has 1 aromatic carbocycles. The van der Waals surface area contributed by atoms with Crippen molar-refractivity contribution in [3.63, 3.8) is 0 Å². The molecule has 92 valence electrons. The number of hydrogen-bond acceptors (Lipinski definition) is 3. The van der Waals surface area contributed by atoms with Crippen LogP contribution in [-0.4, -0.2) is 28.5 Å². The van der Waals surface area contributed by atoms with Gasteiger partial charge in [0.2, 0.25) is 0 Å². The summed E-state index contributed by atoms with van der Waals surface area (Å²) < 4.78 is 7.57. The van der Waals surface area contributed by atoms with E-state index in [0.29, 0.717) is 13.2 Å². The minimum absolute atomic E-state index is 0.702. The van der Waals surface area contributed by atoms with Gasteiger partial charge in [0.25, 0.3) is 0 Å². The Balaban J connectivity index is 2.15. The van der Waals surface area contributed by atoms with Crippen LogP contribution in [0, 0.1) is 13.8 Å². The van der Waals surface area contributed by atoms with Crippen LogP contribution in [0.25, 0.3) is 11.0 Å². The molecular formula is C13H18N2OS. The van der Waals surface area contributed by atoms with Crippen LogP contribution < -0.4 is 0 Å². The zero-order valence-electron chi connectivity index (χ0n) is 10.3. The zero-order valence-corrected chi connectivity index (χ0v) is 11.2. The van der Waals surface area contributed by atoms with Crippen molar-refractivity contribution in [3.8, 4) is 0 Å². The molecule has 17 heavy (non-hydrogen) atoms. The molecule has 0 bridgehead atoms. The monoisotopic (exact) mass is 250 g/mol. The first kappa shape index (κ1) is 12.5. The molecule has 0 aliphatic rings. The Hall–Kier alpha value is -1.00. The maximum atomic E-state index is 5.43. The predicted molar refractivity (Wildman–Crippen MR) is 73.9 cm³/mol. The molecule has 0 atom stereocenters.